The van der Waals surface area contributed by atoms with Crippen LogP contribution in [0.25, 0.3) is 5.69 Å². The first-order valence-corrected chi connectivity index (χ1v) is 6.69. The molecule has 0 unspecified atom stereocenters. The van der Waals surface area contributed by atoms with Gasteiger partial charge in [-0.1, -0.05) is 18.2 Å². The Bertz CT molecular complexity index is 703. The average Bonchev–Trinajstić information content (AvgIpc) is 3.20. The number of rotatable bonds is 5. The van der Waals surface area contributed by atoms with E-state index < -0.39 is 0 Å². The van der Waals surface area contributed by atoms with Gasteiger partial charge in [0.2, 0.25) is 0 Å². The van der Waals surface area contributed by atoms with Crippen molar-refractivity contribution in [2.24, 2.45) is 0 Å². The standard InChI is InChI=1S/C15H15N5O/c21-15(17-8-6-12-10-16-11-18-12)14-7-9-20(19-14)13-4-2-1-3-5-13/h1-5,7,9-11H,6,8H2,(H,16,18)(H,17,21). The number of H-pyrrole nitrogens is 1. The van der Waals surface area contributed by atoms with Crippen LogP contribution in [0.4, 0.5) is 0 Å². The normalized spacial score (nSPS) is 10.5. The number of carbonyl (C=O) groups is 1. The number of nitrogens with one attached hydrogen (secondary N) is 2. The van der Waals surface area contributed by atoms with Crippen molar-refractivity contribution < 1.29 is 4.79 Å². The highest BCUT2D eigenvalue weighted by Gasteiger charge is 2.09. The maximum absolute atomic E-state index is 12.0. The van der Waals surface area contributed by atoms with Gasteiger partial charge in [0, 0.05) is 31.1 Å². The van der Waals surface area contributed by atoms with Gasteiger partial charge in [0.05, 0.1) is 12.0 Å². The first kappa shape index (κ1) is 13.1. The molecule has 0 aliphatic rings. The van der Waals surface area contributed by atoms with Crippen molar-refractivity contribution in [3.05, 3.63) is 66.5 Å². The summed E-state index contributed by atoms with van der Waals surface area (Å²) in [4.78, 5) is 18.9. The maximum atomic E-state index is 12.0. The fraction of sp³-hybridized carbons (Fsp3) is 0.133. The quantitative estimate of drug-likeness (QED) is 0.745. The van der Waals surface area contributed by atoms with Gasteiger partial charge in [-0.2, -0.15) is 5.10 Å². The lowest BCUT2D eigenvalue weighted by atomic mass is 10.3. The average molecular weight is 281 g/mol. The van der Waals surface area contributed by atoms with Crippen LogP contribution in [0, 0.1) is 0 Å². The molecule has 2 heterocycles. The summed E-state index contributed by atoms with van der Waals surface area (Å²) >= 11 is 0. The number of para-hydroxylation sites is 1. The van der Waals surface area contributed by atoms with Gasteiger partial charge in [-0.05, 0) is 18.2 Å². The maximum Gasteiger partial charge on any atom is 0.271 e. The van der Waals surface area contributed by atoms with Gasteiger partial charge in [-0.25, -0.2) is 9.67 Å². The second-order valence-electron chi connectivity index (χ2n) is 4.56. The van der Waals surface area contributed by atoms with E-state index in [0.717, 1.165) is 11.4 Å². The summed E-state index contributed by atoms with van der Waals surface area (Å²) in [5.74, 6) is -0.177. The molecular weight excluding hydrogens is 266 g/mol. The van der Waals surface area contributed by atoms with Crippen molar-refractivity contribution in [1.82, 2.24) is 25.1 Å². The lowest BCUT2D eigenvalue weighted by molar-refractivity contribution is 0.0948. The minimum Gasteiger partial charge on any atom is -0.350 e. The number of imidazole rings is 1. The van der Waals surface area contributed by atoms with E-state index in [-0.39, 0.29) is 5.91 Å². The fourth-order valence-electron chi connectivity index (χ4n) is 1.99. The van der Waals surface area contributed by atoms with E-state index in [4.69, 9.17) is 0 Å². The molecule has 6 heteroatoms. The molecule has 0 aliphatic heterocycles. The molecule has 0 aliphatic carbocycles. The number of carbonyl (C=O) groups excluding carboxylic acids is 1. The fourth-order valence-corrected chi connectivity index (χ4v) is 1.99. The van der Waals surface area contributed by atoms with Gasteiger partial charge >= 0.3 is 0 Å². The van der Waals surface area contributed by atoms with Crippen LogP contribution < -0.4 is 5.32 Å². The Morgan fingerprint density at radius 3 is 2.86 bits per heavy atom. The number of amides is 1. The van der Waals surface area contributed by atoms with Crippen molar-refractivity contribution in [3.8, 4) is 5.69 Å². The van der Waals surface area contributed by atoms with Crippen LogP contribution in [0.15, 0.2) is 55.1 Å². The number of aromatic amines is 1. The van der Waals surface area contributed by atoms with Crippen LogP contribution in [-0.2, 0) is 6.42 Å². The Balaban J connectivity index is 1.59. The second-order valence-corrected chi connectivity index (χ2v) is 4.56. The molecule has 2 N–H and O–H groups in total. The number of nitrogens with zero attached hydrogens (tertiary/aromatic N) is 3. The highest BCUT2D eigenvalue weighted by atomic mass is 16.1. The molecule has 21 heavy (non-hydrogen) atoms. The van der Waals surface area contributed by atoms with Crippen LogP contribution in [0.1, 0.15) is 16.2 Å². The monoisotopic (exact) mass is 281 g/mol. The van der Waals surface area contributed by atoms with Crippen molar-refractivity contribution in [1.29, 1.82) is 0 Å². The molecule has 2 aromatic heterocycles. The Hall–Kier alpha value is -2.89. The van der Waals surface area contributed by atoms with E-state index in [0.29, 0.717) is 18.7 Å². The van der Waals surface area contributed by atoms with Crippen molar-refractivity contribution in [2.75, 3.05) is 6.54 Å². The number of hydrogen-bond donors (Lipinski definition) is 2. The smallest absolute Gasteiger partial charge is 0.271 e. The summed E-state index contributed by atoms with van der Waals surface area (Å²) < 4.78 is 1.68. The van der Waals surface area contributed by atoms with Gasteiger partial charge in [0.15, 0.2) is 5.69 Å². The highest BCUT2D eigenvalue weighted by molar-refractivity contribution is 5.92. The predicted octanol–water partition coefficient (Wildman–Crippen LogP) is 1.57. The summed E-state index contributed by atoms with van der Waals surface area (Å²) in [6.07, 6.45) is 5.86. The molecule has 6 nitrogen and oxygen atoms in total. The van der Waals surface area contributed by atoms with Crippen LogP contribution in [0.2, 0.25) is 0 Å². The van der Waals surface area contributed by atoms with Crippen LogP contribution in [0.3, 0.4) is 0 Å². The molecule has 0 bridgehead atoms. The second kappa shape index (κ2) is 6.04. The minimum absolute atomic E-state index is 0.177. The third-order valence-corrected chi connectivity index (χ3v) is 3.08. The molecule has 106 valence electrons. The van der Waals surface area contributed by atoms with E-state index in [9.17, 15) is 4.79 Å². The summed E-state index contributed by atoms with van der Waals surface area (Å²) in [7, 11) is 0. The summed E-state index contributed by atoms with van der Waals surface area (Å²) in [5, 5.41) is 7.12. The van der Waals surface area contributed by atoms with Gasteiger partial charge < -0.3 is 10.3 Å². The third-order valence-electron chi connectivity index (χ3n) is 3.08. The SMILES string of the molecule is O=C(NCCc1cnc[nH]1)c1ccn(-c2ccccc2)n1. The zero-order valence-corrected chi connectivity index (χ0v) is 11.4. The van der Waals surface area contributed by atoms with Crippen LogP contribution >= 0.6 is 0 Å². The first-order valence-electron chi connectivity index (χ1n) is 6.69. The first-order chi connectivity index (χ1) is 10.3. The van der Waals surface area contributed by atoms with Crippen LogP contribution in [-0.4, -0.2) is 32.2 Å². The van der Waals surface area contributed by atoms with E-state index in [1.807, 2.05) is 30.3 Å². The van der Waals surface area contributed by atoms with E-state index in [1.165, 1.54) is 0 Å². The van der Waals surface area contributed by atoms with Crippen molar-refractivity contribution in [3.63, 3.8) is 0 Å². The zero-order valence-electron chi connectivity index (χ0n) is 11.4. The van der Waals surface area contributed by atoms with Gasteiger partial charge in [-0.3, -0.25) is 4.79 Å². The molecule has 0 atom stereocenters. The molecule has 0 spiro atoms. The minimum atomic E-state index is -0.177. The molecular formula is C15H15N5O. The lowest BCUT2D eigenvalue weighted by Gasteiger charge is -2.02. The van der Waals surface area contributed by atoms with Crippen molar-refractivity contribution in [2.45, 2.75) is 6.42 Å². The highest BCUT2D eigenvalue weighted by Crippen LogP contribution is 2.06. The van der Waals surface area contributed by atoms with E-state index in [2.05, 4.69) is 20.4 Å². The molecule has 3 rings (SSSR count). The summed E-state index contributed by atoms with van der Waals surface area (Å²) in [6, 6.07) is 11.4. The van der Waals surface area contributed by atoms with Gasteiger partial charge in [-0.15, -0.1) is 0 Å². The van der Waals surface area contributed by atoms with Gasteiger partial charge in [0.25, 0.3) is 5.91 Å². The molecule has 0 saturated heterocycles. The topological polar surface area (TPSA) is 75.6 Å². The third kappa shape index (κ3) is 3.17. The molecule has 0 saturated carbocycles. The molecule has 0 radical (unpaired) electrons. The predicted molar refractivity (Wildman–Crippen MR) is 78.2 cm³/mol. The molecule has 0 fully saturated rings. The number of hydrogen-bond acceptors (Lipinski definition) is 3. The Kier molecular flexibility index (Phi) is 3.77. The summed E-state index contributed by atoms with van der Waals surface area (Å²) in [6.45, 7) is 0.541. The zero-order chi connectivity index (χ0) is 14.5. The van der Waals surface area contributed by atoms with E-state index >= 15 is 0 Å². The number of aromatic nitrogens is 4. The molecule has 3 aromatic rings. The van der Waals surface area contributed by atoms with Gasteiger partial charge in [0.1, 0.15) is 0 Å². The van der Waals surface area contributed by atoms with Crippen LogP contribution in [0.5, 0.6) is 0 Å². The lowest BCUT2D eigenvalue weighted by Crippen LogP contribution is -2.26. The largest absolute Gasteiger partial charge is 0.350 e. The summed E-state index contributed by atoms with van der Waals surface area (Å²) in [5.41, 5.74) is 2.32. The molecule has 1 amide bonds. The van der Waals surface area contributed by atoms with E-state index in [1.54, 1.807) is 29.5 Å². The Morgan fingerprint density at radius 1 is 1.24 bits per heavy atom. The Labute approximate surface area is 121 Å². The Morgan fingerprint density at radius 2 is 2.10 bits per heavy atom. The van der Waals surface area contributed by atoms with Crippen molar-refractivity contribution >= 4 is 5.91 Å². The molecule has 1 aromatic carbocycles. The number of benzene rings is 1.